The van der Waals surface area contributed by atoms with Gasteiger partial charge in [0.15, 0.2) is 0 Å². The first-order valence-corrected chi connectivity index (χ1v) is 8.01. The molecule has 142 valence electrons. The maximum atomic E-state index is 11.8. The topological polar surface area (TPSA) is 130 Å². The van der Waals surface area contributed by atoms with Crippen molar-refractivity contribution in [2.24, 2.45) is 0 Å². The summed E-state index contributed by atoms with van der Waals surface area (Å²) in [6.45, 7) is -0.373. The molecule has 0 amide bonds. The number of aromatic hydroxyl groups is 1. The molecule has 0 fully saturated rings. The van der Waals surface area contributed by atoms with Crippen molar-refractivity contribution in [2.75, 3.05) is 13.2 Å². The summed E-state index contributed by atoms with van der Waals surface area (Å²) in [4.78, 5) is 34.3. The predicted molar refractivity (Wildman–Crippen MR) is 92.7 cm³/mol. The van der Waals surface area contributed by atoms with Crippen LogP contribution in [0, 0.1) is 0 Å². The maximum Gasteiger partial charge on any atom is 0.338 e. The fourth-order valence-electron chi connectivity index (χ4n) is 2.06. The van der Waals surface area contributed by atoms with Crippen LogP contribution in [0.15, 0.2) is 48.5 Å². The van der Waals surface area contributed by atoms with Crippen LogP contribution in [0.2, 0.25) is 0 Å². The van der Waals surface area contributed by atoms with E-state index >= 15 is 0 Å². The van der Waals surface area contributed by atoms with Gasteiger partial charge in [-0.3, -0.25) is 0 Å². The Labute approximate surface area is 154 Å². The third kappa shape index (κ3) is 6.12. The van der Waals surface area contributed by atoms with E-state index in [2.05, 4.69) is 0 Å². The molecule has 0 spiro atoms. The van der Waals surface area contributed by atoms with Gasteiger partial charge in [-0.25, -0.2) is 14.4 Å². The highest BCUT2D eigenvalue weighted by atomic mass is 16.5. The Morgan fingerprint density at radius 1 is 0.815 bits per heavy atom. The summed E-state index contributed by atoms with van der Waals surface area (Å²) < 4.78 is 9.93. The molecule has 2 aromatic carbocycles. The number of aliphatic hydroxyl groups is 1. The number of benzene rings is 2. The van der Waals surface area contributed by atoms with E-state index in [-0.39, 0.29) is 42.1 Å². The van der Waals surface area contributed by atoms with Crippen LogP contribution in [0.5, 0.6) is 5.75 Å². The predicted octanol–water partition coefficient (Wildman–Crippen LogP) is 1.86. The Morgan fingerprint density at radius 2 is 1.30 bits per heavy atom. The Bertz CT molecular complexity index is 795. The Balaban J connectivity index is 1.71. The van der Waals surface area contributed by atoms with Crippen LogP contribution in [0.1, 0.15) is 37.5 Å². The number of aromatic carboxylic acids is 1. The Morgan fingerprint density at radius 3 is 1.85 bits per heavy atom. The smallest absolute Gasteiger partial charge is 0.338 e. The summed E-state index contributed by atoms with van der Waals surface area (Å²) in [5.74, 6) is -2.38. The molecule has 8 nitrogen and oxygen atoms in total. The molecule has 1 unspecified atom stereocenters. The van der Waals surface area contributed by atoms with E-state index in [0.29, 0.717) is 0 Å². The number of ether oxygens (including phenoxy) is 2. The summed E-state index contributed by atoms with van der Waals surface area (Å²) in [7, 11) is 0. The van der Waals surface area contributed by atoms with E-state index in [1.807, 2.05) is 0 Å². The Hall–Kier alpha value is -3.39. The van der Waals surface area contributed by atoms with Crippen LogP contribution in [0.3, 0.4) is 0 Å². The van der Waals surface area contributed by atoms with Gasteiger partial charge < -0.3 is 24.8 Å². The first-order valence-electron chi connectivity index (χ1n) is 8.01. The van der Waals surface area contributed by atoms with Gasteiger partial charge in [0.25, 0.3) is 0 Å². The average Bonchev–Trinajstić information content (AvgIpc) is 2.66. The minimum absolute atomic E-state index is 0.0291. The summed E-state index contributed by atoms with van der Waals surface area (Å²) in [6, 6.07) is 10.7. The molecule has 1 atom stereocenters. The van der Waals surface area contributed by atoms with Crippen molar-refractivity contribution in [3.63, 3.8) is 0 Å². The highest BCUT2D eigenvalue weighted by Crippen LogP contribution is 2.11. The van der Waals surface area contributed by atoms with E-state index in [1.54, 1.807) is 0 Å². The average molecular weight is 374 g/mol. The minimum atomic E-state index is -1.10. The van der Waals surface area contributed by atoms with Gasteiger partial charge in [0.2, 0.25) is 0 Å². The molecular formula is C19H18O8. The van der Waals surface area contributed by atoms with E-state index < -0.39 is 24.0 Å². The van der Waals surface area contributed by atoms with Gasteiger partial charge in [-0.2, -0.15) is 0 Å². The first-order chi connectivity index (χ1) is 12.9. The molecule has 0 radical (unpaired) electrons. The molecule has 0 aliphatic rings. The van der Waals surface area contributed by atoms with Gasteiger partial charge in [0.05, 0.1) is 29.4 Å². The standard InChI is InChI=1S/C19H18O8/c20-15-7-5-14(6-8-15)18(24)26-10-9-16(21)11-27-19(25)13-3-1-12(2-4-13)17(22)23/h1-8,16,20-21H,9-11H2,(H,22,23). The molecule has 0 aromatic heterocycles. The normalized spacial score (nSPS) is 11.4. The molecule has 0 saturated carbocycles. The number of carboxylic acid groups (broad SMARTS) is 1. The van der Waals surface area contributed by atoms with Gasteiger partial charge in [0.1, 0.15) is 12.4 Å². The zero-order chi connectivity index (χ0) is 19.8. The number of esters is 2. The van der Waals surface area contributed by atoms with E-state index in [4.69, 9.17) is 19.7 Å². The number of aliphatic hydroxyl groups excluding tert-OH is 1. The van der Waals surface area contributed by atoms with E-state index in [9.17, 15) is 19.5 Å². The molecule has 27 heavy (non-hydrogen) atoms. The SMILES string of the molecule is O=C(O)c1ccc(C(=O)OCC(O)CCOC(=O)c2ccc(O)cc2)cc1. The van der Waals surface area contributed by atoms with Gasteiger partial charge >= 0.3 is 17.9 Å². The molecule has 2 aromatic rings. The minimum Gasteiger partial charge on any atom is -0.508 e. The number of phenolic OH excluding ortho intramolecular Hbond substituents is 1. The van der Waals surface area contributed by atoms with Crippen LogP contribution in [-0.4, -0.2) is 52.5 Å². The summed E-state index contributed by atoms with van der Waals surface area (Å²) in [5.41, 5.74) is 0.464. The van der Waals surface area contributed by atoms with E-state index in [0.717, 1.165) is 0 Å². The number of hydrogen-bond acceptors (Lipinski definition) is 7. The Kier molecular flexibility index (Phi) is 6.90. The molecule has 0 saturated heterocycles. The maximum absolute atomic E-state index is 11.8. The molecule has 3 N–H and O–H groups in total. The quantitative estimate of drug-likeness (QED) is 0.597. The van der Waals surface area contributed by atoms with Crippen LogP contribution in [0.4, 0.5) is 0 Å². The molecule has 0 aliphatic carbocycles. The fraction of sp³-hybridized carbons (Fsp3) is 0.211. The molecule has 8 heteroatoms. The number of carbonyl (C=O) groups excluding carboxylic acids is 2. The van der Waals surface area contributed by atoms with Crippen molar-refractivity contribution in [3.05, 3.63) is 65.2 Å². The molecule has 0 heterocycles. The van der Waals surface area contributed by atoms with Gasteiger partial charge in [-0.15, -0.1) is 0 Å². The number of phenols is 1. The molecule has 0 bridgehead atoms. The lowest BCUT2D eigenvalue weighted by Crippen LogP contribution is -2.21. The third-order valence-electron chi connectivity index (χ3n) is 3.56. The summed E-state index contributed by atoms with van der Waals surface area (Å²) >= 11 is 0. The van der Waals surface area contributed by atoms with Crippen molar-refractivity contribution in [2.45, 2.75) is 12.5 Å². The fourth-order valence-corrected chi connectivity index (χ4v) is 2.06. The number of carbonyl (C=O) groups is 3. The van der Waals surface area contributed by atoms with Crippen LogP contribution >= 0.6 is 0 Å². The second kappa shape index (κ2) is 9.35. The molecule has 2 rings (SSSR count). The van der Waals surface area contributed by atoms with Crippen molar-refractivity contribution in [1.82, 2.24) is 0 Å². The zero-order valence-corrected chi connectivity index (χ0v) is 14.2. The molecular weight excluding hydrogens is 356 g/mol. The first kappa shape index (κ1) is 19.9. The number of carboxylic acids is 1. The van der Waals surface area contributed by atoms with Crippen LogP contribution in [-0.2, 0) is 9.47 Å². The van der Waals surface area contributed by atoms with Crippen LogP contribution in [0.25, 0.3) is 0 Å². The van der Waals surface area contributed by atoms with Gasteiger partial charge in [0, 0.05) is 6.42 Å². The van der Waals surface area contributed by atoms with Crippen molar-refractivity contribution < 1.29 is 39.2 Å². The van der Waals surface area contributed by atoms with Gasteiger partial charge in [-0.05, 0) is 48.5 Å². The summed E-state index contributed by atoms with van der Waals surface area (Å²) in [5, 5.41) is 27.8. The highest BCUT2D eigenvalue weighted by Gasteiger charge is 2.13. The van der Waals surface area contributed by atoms with E-state index in [1.165, 1.54) is 48.5 Å². The van der Waals surface area contributed by atoms with Crippen molar-refractivity contribution in [1.29, 1.82) is 0 Å². The van der Waals surface area contributed by atoms with Crippen LogP contribution < -0.4 is 0 Å². The number of hydrogen-bond donors (Lipinski definition) is 3. The molecule has 0 aliphatic heterocycles. The van der Waals surface area contributed by atoms with Crippen molar-refractivity contribution >= 4 is 17.9 Å². The lowest BCUT2D eigenvalue weighted by molar-refractivity contribution is 0.0135. The van der Waals surface area contributed by atoms with Gasteiger partial charge in [-0.1, -0.05) is 0 Å². The van der Waals surface area contributed by atoms with Crippen molar-refractivity contribution in [3.8, 4) is 5.75 Å². The lowest BCUT2D eigenvalue weighted by atomic mass is 10.1. The third-order valence-corrected chi connectivity index (χ3v) is 3.56. The zero-order valence-electron chi connectivity index (χ0n) is 14.2. The second-order valence-corrected chi connectivity index (χ2v) is 5.61. The second-order valence-electron chi connectivity index (χ2n) is 5.61. The number of rotatable bonds is 8. The summed E-state index contributed by atoms with van der Waals surface area (Å²) in [6.07, 6.45) is -0.963. The lowest BCUT2D eigenvalue weighted by Gasteiger charge is -2.12. The largest absolute Gasteiger partial charge is 0.508 e. The monoisotopic (exact) mass is 374 g/mol. The highest BCUT2D eigenvalue weighted by molar-refractivity contribution is 5.92.